The summed E-state index contributed by atoms with van der Waals surface area (Å²) in [5, 5.41) is 10.8. The summed E-state index contributed by atoms with van der Waals surface area (Å²) in [6.07, 6.45) is 3.80. The molecule has 1 aromatic heterocycles. The number of carbonyl (C=O) groups is 1. The fourth-order valence-electron chi connectivity index (χ4n) is 2.96. The molecule has 3 aromatic rings. The van der Waals surface area contributed by atoms with Crippen molar-refractivity contribution in [1.82, 2.24) is 4.98 Å². The van der Waals surface area contributed by atoms with Crippen molar-refractivity contribution in [3.63, 3.8) is 0 Å². The predicted molar refractivity (Wildman–Crippen MR) is 110 cm³/mol. The Hall–Kier alpha value is -3.18. The minimum Gasteiger partial charge on any atom is -0.489 e. The topological polar surface area (TPSA) is 68.7 Å². The summed E-state index contributed by atoms with van der Waals surface area (Å²) in [7, 11) is 0. The maximum absolute atomic E-state index is 12.3. The van der Waals surface area contributed by atoms with Crippen molar-refractivity contribution in [2.75, 3.05) is 0 Å². The van der Waals surface area contributed by atoms with Gasteiger partial charge >= 0.3 is 5.97 Å². The molecule has 5 heteroatoms. The number of aromatic nitrogens is 1. The molecule has 0 saturated carbocycles. The van der Waals surface area contributed by atoms with Crippen molar-refractivity contribution in [3.05, 3.63) is 95.8 Å². The van der Waals surface area contributed by atoms with Gasteiger partial charge in [0.05, 0.1) is 12.0 Å². The van der Waals surface area contributed by atoms with Crippen LogP contribution in [-0.2, 0) is 28.3 Å². The first-order chi connectivity index (χ1) is 14.1. The van der Waals surface area contributed by atoms with Crippen LogP contribution in [0.25, 0.3) is 0 Å². The molecule has 1 N–H and O–H groups in total. The molecule has 1 heterocycles. The quantitative estimate of drug-likeness (QED) is 0.548. The Morgan fingerprint density at radius 1 is 0.931 bits per heavy atom. The molecule has 0 saturated heterocycles. The smallest absolute Gasteiger partial charge is 0.309 e. The largest absolute Gasteiger partial charge is 0.489 e. The van der Waals surface area contributed by atoms with E-state index in [1.807, 2.05) is 73.7 Å². The lowest BCUT2D eigenvalue weighted by atomic mass is 9.88. The van der Waals surface area contributed by atoms with Crippen LogP contribution in [0.2, 0.25) is 0 Å². The van der Waals surface area contributed by atoms with Crippen molar-refractivity contribution in [3.8, 4) is 5.75 Å². The number of aliphatic hydroxyl groups is 1. The molecule has 0 bridgehead atoms. The fourth-order valence-corrected chi connectivity index (χ4v) is 2.96. The Labute approximate surface area is 171 Å². The zero-order chi connectivity index (χ0) is 20.5. The molecule has 150 valence electrons. The minimum absolute atomic E-state index is 0.0827. The van der Waals surface area contributed by atoms with E-state index in [4.69, 9.17) is 9.47 Å². The van der Waals surface area contributed by atoms with Gasteiger partial charge in [-0.15, -0.1) is 0 Å². The second kappa shape index (κ2) is 9.85. The third-order valence-corrected chi connectivity index (χ3v) is 4.81. The van der Waals surface area contributed by atoms with E-state index in [-0.39, 0.29) is 13.0 Å². The van der Waals surface area contributed by atoms with Crippen LogP contribution in [0.5, 0.6) is 5.75 Å². The second-order valence-corrected chi connectivity index (χ2v) is 6.88. The lowest BCUT2D eigenvalue weighted by Gasteiger charge is -2.26. The number of pyridine rings is 1. The van der Waals surface area contributed by atoms with E-state index in [0.717, 1.165) is 22.4 Å². The molecule has 2 aromatic carbocycles. The zero-order valence-electron chi connectivity index (χ0n) is 16.5. The van der Waals surface area contributed by atoms with Gasteiger partial charge in [-0.3, -0.25) is 9.78 Å². The normalized spacial score (nSPS) is 12.8. The first-order valence-corrected chi connectivity index (χ1v) is 9.63. The Morgan fingerprint density at radius 3 is 2.24 bits per heavy atom. The standard InChI is InChI=1S/C24H25NO4/c1-2-24(27,21-6-4-3-5-7-21)16-23(26)29-18-19-8-10-22(11-9-19)28-17-20-12-14-25-15-13-20/h3-15,27H,2,16-18H2,1H3. The highest BCUT2D eigenvalue weighted by Gasteiger charge is 2.30. The Morgan fingerprint density at radius 2 is 1.59 bits per heavy atom. The van der Waals surface area contributed by atoms with Crippen LogP contribution in [0, 0.1) is 0 Å². The summed E-state index contributed by atoms with van der Waals surface area (Å²) in [5.41, 5.74) is 1.40. The molecular weight excluding hydrogens is 366 g/mol. The lowest BCUT2D eigenvalue weighted by molar-refractivity contribution is -0.151. The molecule has 0 aliphatic carbocycles. The van der Waals surface area contributed by atoms with Crippen molar-refractivity contribution in [2.45, 2.75) is 38.6 Å². The van der Waals surface area contributed by atoms with E-state index in [2.05, 4.69) is 4.98 Å². The van der Waals surface area contributed by atoms with Gasteiger partial charge in [-0.2, -0.15) is 0 Å². The van der Waals surface area contributed by atoms with Crippen LogP contribution >= 0.6 is 0 Å². The molecule has 0 aliphatic rings. The highest BCUT2D eigenvalue weighted by Crippen LogP contribution is 2.29. The van der Waals surface area contributed by atoms with Gasteiger partial charge in [0.25, 0.3) is 0 Å². The Kier molecular flexibility index (Phi) is 6.98. The molecule has 0 aliphatic heterocycles. The maximum Gasteiger partial charge on any atom is 0.309 e. The highest BCUT2D eigenvalue weighted by atomic mass is 16.5. The van der Waals surface area contributed by atoms with Crippen molar-refractivity contribution < 1.29 is 19.4 Å². The van der Waals surface area contributed by atoms with E-state index in [9.17, 15) is 9.90 Å². The number of ether oxygens (including phenoxy) is 2. The monoisotopic (exact) mass is 391 g/mol. The summed E-state index contributed by atoms with van der Waals surface area (Å²) in [5.74, 6) is 0.303. The summed E-state index contributed by atoms with van der Waals surface area (Å²) >= 11 is 0. The fraction of sp³-hybridized carbons (Fsp3) is 0.250. The highest BCUT2D eigenvalue weighted by molar-refractivity contribution is 5.71. The van der Waals surface area contributed by atoms with Gasteiger partial charge in [0, 0.05) is 12.4 Å². The van der Waals surface area contributed by atoms with Crippen LogP contribution in [0.15, 0.2) is 79.1 Å². The summed E-state index contributed by atoms with van der Waals surface area (Å²) in [6.45, 7) is 2.47. The van der Waals surface area contributed by atoms with Crippen LogP contribution in [0.3, 0.4) is 0 Å². The molecule has 29 heavy (non-hydrogen) atoms. The molecule has 3 rings (SSSR count). The summed E-state index contributed by atoms with van der Waals surface area (Å²) in [6, 6.07) is 20.4. The number of esters is 1. The minimum atomic E-state index is -1.22. The van der Waals surface area contributed by atoms with Gasteiger partial charge in [0.15, 0.2) is 0 Å². The van der Waals surface area contributed by atoms with Crippen molar-refractivity contribution >= 4 is 5.97 Å². The number of hydrogen-bond donors (Lipinski definition) is 1. The number of rotatable bonds is 9. The molecule has 1 unspecified atom stereocenters. The van der Waals surface area contributed by atoms with Gasteiger partial charge in [-0.1, -0.05) is 49.4 Å². The molecule has 5 nitrogen and oxygen atoms in total. The van der Waals surface area contributed by atoms with Gasteiger partial charge in [-0.25, -0.2) is 0 Å². The molecule has 0 spiro atoms. The second-order valence-electron chi connectivity index (χ2n) is 6.88. The summed E-state index contributed by atoms with van der Waals surface area (Å²) < 4.78 is 11.1. The van der Waals surface area contributed by atoms with Crippen LogP contribution in [0.1, 0.15) is 36.5 Å². The van der Waals surface area contributed by atoms with E-state index >= 15 is 0 Å². The average Bonchev–Trinajstić information content (AvgIpc) is 2.78. The number of benzene rings is 2. The maximum atomic E-state index is 12.3. The van der Waals surface area contributed by atoms with Crippen LogP contribution in [0.4, 0.5) is 0 Å². The van der Waals surface area contributed by atoms with E-state index in [1.165, 1.54) is 0 Å². The summed E-state index contributed by atoms with van der Waals surface area (Å²) in [4.78, 5) is 16.3. The predicted octanol–water partition coefficient (Wildman–Crippen LogP) is 4.39. The number of nitrogens with zero attached hydrogens (tertiary/aromatic N) is 1. The van der Waals surface area contributed by atoms with Gasteiger partial charge in [0.1, 0.15) is 19.0 Å². The first kappa shape index (κ1) is 20.6. The van der Waals surface area contributed by atoms with E-state index < -0.39 is 11.6 Å². The van der Waals surface area contributed by atoms with Crippen LogP contribution in [-0.4, -0.2) is 16.1 Å². The Bertz CT molecular complexity index is 897. The van der Waals surface area contributed by atoms with Gasteiger partial charge in [-0.05, 0) is 47.4 Å². The molecule has 0 radical (unpaired) electrons. The van der Waals surface area contributed by atoms with E-state index in [0.29, 0.717) is 13.0 Å². The zero-order valence-corrected chi connectivity index (χ0v) is 16.5. The number of carbonyl (C=O) groups excluding carboxylic acids is 1. The average molecular weight is 391 g/mol. The molecule has 1 atom stereocenters. The van der Waals surface area contributed by atoms with Crippen molar-refractivity contribution in [1.29, 1.82) is 0 Å². The van der Waals surface area contributed by atoms with Crippen molar-refractivity contribution in [2.24, 2.45) is 0 Å². The third kappa shape index (κ3) is 5.90. The third-order valence-electron chi connectivity index (χ3n) is 4.81. The lowest BCUT2D eigenvalue weighted by Crippen LogP contribution is -2.29. The molecule has 0 amide bonds. The Balaban J connectivity index is 1.49. The molecular formula is C24H25NO4. The van der Waals surface area contributed by atoms with Gasteiger partial charge < -0.3 is 14.6 Å². The van der Waals surface area contributed by atoms with E-state index in [1.54, 1.807) is 12.4 Å². The molecule has 0 fully saturated rings. The van der Waals surface area contributed by atoms with Gasteiger partial charge in [0.2, 0.25) is 0 Å². The number of hydrogen-bond acceptors (Lipinski definition) is 5. The first-order valence-electron chi connectivity index (χ1n) is 9.63. The van der Waals surface area contributed by atoms with Crippen LogP contribution < -0.4 is 4.74 Å². The SMILES string of the molecule is CCC(O)(CC(=O)OCc1ccc(OCc2ccncc2)cc1)c1ccccc1.